The molecule has 0 unspecified atom stereocenters. The molecule has 0 bridgehead atoms. The van der Waals surface area contributed by atoms with Crippen LogP contribution >= 0.6 is 15.9 Å². The molecule has 0 saturated heterocycles. The highest BCUT2D eigenvalue weighted by atomic mass is 79.9. The van der Waals surface area contributed by atoms with Crippen molar-refractivity contribution < 1.29 is 0 Å². The topological polar surface area (TPSA) is 43.8 Å². The van der Waals surface area contributed by atoms with Crippen LogP contribution in [0.5, 0.6) is 0 Å². The van der Waals surface area contributed by atoms with Gasteiger partial charge in [-0.3, -0.25) is 4.68 Å². The monoisotopic (exact) mass is 271 g/mol. The first-order valence-corrected chi connectivity index (χ1v) is 6.08. The lowest BCUT2D eigenvalue weighted by Gasteiger charge is -2.07. The molecule has 3 nitrogen and oxygen atoms in total. The second-order valence-corrected chi connectivity index (χ2v) is 4.38. The summed E-state index contributed by atoms with van der Waals surface area (Å²) in [4.78, 5) is 0. The molecule has 0 fully saturated rings. The molecule has 15 heavy (non-hydrogen) atoms. The van der Waals surface area contributed by atoms with Gasteiger partial charge in [0.15, 0.2) is 0 Å². The van der Waals surface area contributed by atoms with E-state index in [0.717, 1.165) is 23.9 Å². The lowest BCUT2D eigenvalue weighted by molar-refractivity contribution is 0.595. The van der Waals surface area contributed by atoms with Crippen LogP contribution in [0.4, 0.5) is 0 Å². The van der Waals surface area contributed by atoms with E-state index in [1.54, 1.807) is 0 Å². The first-order chi connectivity index (χ1) is 7.20. The smallest absolute Gasteiger partial charge is 0.0778 e. The predicted molar refractivity (Wildman–Crippen MR) is 67.5 cm³/mol. The summed E-state index contributed by atoms with van der Waals surface area (Å²) in [5, 5.41) is 4.33. The third-order valence-corrected chi connectivity index (χ3v) is 2.80. The molecule has 1 aromatic rings. The molecule has 0 spiro atoms. The molecular formula is C11H18BrN3. The number of rotatable bonds is 5. The summed E-state index contributed by atoms with van der Waals surface area (Å²) in [6.07, 6.45) is 6.01. The normalized spacial score (nSPS) is 12.1. The highest BCUT2D eigenvalue weighted by molar-refractivity contribution is 9.10. The van der Waals surface area contributed by atoms with Crippen LogP contribution in [0, 0.1) is 0 Å². The summed E-state index contributed by atoms with van der Waals surface area (Å²) in [7, 11) is 0. The molecule has 1 aromatic heterocycles. The van der Waals surface area contributed by atoms with E-state index in [1.807, 2.05) is 10.9 Å². The van der Waals surface area contributed by atoms with Crippen molar-refractivity contribution in [3.63, 3.8) is 0 Å². The first kappa shape index (κ1) is 12.5. The van der Waals surface area contributed by atoms with Crippen molar-refractivity contribution in [2.24, 2.45) is 5.73 Å². The Balaban J connectivity index is 2.95. The van der Waals surface area contributed by atoms with Crippen molar-refractivity contribution >= 4 is 21.5 Å². The summed E-state index contributed by atoms with van der Waals surface area (Å²) in [6.45, 7) is 5.90. The molecule has 0 aliphatic rings. The van der Waals surface area contributed by atoms with Gasteiger partial charge in [-0.25, -0.2) is 0 Å². The van der Waals surface area contributed by atoms with Gasteiger partial charge in [0.25, 0.3) is 0 Å². The molecule has 0 amide bonds. The van der Waals surface area contributed by atoms with Crippen LogP contribution in [0.1, 0.15) is 32.4 Å². The molecule has 0 atom stereocenters. The molecule has 1 heterocycles. The second kappa shape index (κ2) is 6.08. The third kappa shape index (κ3) is 3.18. The van der Waals surface area contributed by atoms with E-state index in [2.05, 4.69) is 41.0 Å². The SMILES string of the molecule is CCCn1ncc(Br)c1C(C)=CCCN. The molecule has 1 rings (SSSR count). The lowest BCUT2D eigenvalue weighted by atomic mass is 10.2. The number of aryl methyl sites for hydroxylation is 1. The Morgan fingerprint density at radius 3 is 3.00 bits per heavy atom. The molecule has 0 aliphatic carbocycles. The van der Waals surface area contributed by atoms with Crippen LogP contribution in [0.25, 0.3) is 5.57 Å². The number of nitrogens with zero attached hydrogens (tertiary/aromatic N) is 2. The zero-order chi connectivity index (χ0) is 11.3. The minimum Gasteiger partial charge on any atom is -0.330 e. The van der Waals surface area contributed by atoms with Crippen molar-refractivity contribution in [1.29, 1.82) is 0 Å². The molecule has 84 valence electrons. The van der Waals surface area contributed by atoms with Gasteiger partial charge in [0, 0.05) is 6.54 Å². The van der Waals surface area contributed by atoms with Crippen LogP contribution in [-0.4, -0.2) is 16.3 Å². The Labute approximate surface area is 99.5 Å². The van der Waals surface area contributed by atoms with Crippen LogP contribution < -0.4 is 5.73 Å². The highest BCUT2D eigenvalue weighted by Crippen LogP contribution is 2.24. The molecule has 0 aliphatic heterocycles. The number of aromatic nitrogens is 2. The Morgan fingerprint density at radius 2 is 2.40 bits per heavy atom. The Kier molecular flexibility index (Phi) is 5.05. The summed E-state index contributed by atoms with van der Waals surface area (Å²) in [5.74, 6) is 0. The van der Waals surface area contributed by atoms with Gasteiger partial charge in [-0.2, -0.15) is 5.10 Å². The lowest BCUT2D eigenvalue weighted by Crippen LogP contribution is -2.03. The van der Waals surface area contributed by atoms with E-state index in [4.69, 9.17) is 5.73 Å². The summed E-state index contributed by atoms with van der Waals surface area (Å²) in [6, 6.07) is 0. The molecule has 0 saturated carbocycles. The highest BCUT2D eigenvalue weighted by Gasteiger charge is 2.09. The maximum atomic E-state index is 5.49. The molecule has 2 N–H and O–H groups in total. The van der Waals surface area contributed by atoms with Gasteiger partial charge in [-0.1, -0.05) is 13.0 Å². The van der Waals surface area contributed by atoms with Crippen LogP contribution in [-0.2, 0) is 6.54 Å². The second-order valence-electron chi connectivity index (χ2n) is 3.53. The van der Waals surface area contributed by atoms with Gasteiger partial charge in [0.05, 0.1) is 16.4 Å². The van der Waals surface area contributed by atoms with Gasteiger partial charge in [-0.15, -0.1) is 0 Å². The van der Waals surface area contributed by atoms with Crippen molar-refractivity contribution in [3.05, 3.63) is 22.4 Å². The summed E-state index contributed by atoms with van der Waals surface area (Å²) >= 11 is 3.52. The van der Waals surface area contributed by atoms with Crippen molar-refractivity contribution in [3.8, 4) is 0 Å². The van der Waals surface area contributed by atoms with E-state index in [0.29, 0.717) is 6.54 Å². The molecule has 4 heteroatoms. The van der Waals surface area contributed by atoms with E-state index in [9.17, 15) is 0 Å². The van der Waals surface area contributed by atoms with Gasteiger partial charge in [0.1, 0.15) is 0 Å². The fourth-order valence-electron chi connectivity index (χ4n) is 1.53. The average Bonchev–Trinajstić information content (AvgIpc) is 2.57. The zero-order valence-corrected chi connectivity index (χ0v) is 10.9. The van der Waals surface area contributed by atoms with Gasteiger partial charge < -0.3 is 5.73 Å². The molecule has 0 radical (unpaired) electrons. The number of hydrogen-bond donors (Lipinski definition) is 1. The minimum absolute atomic E-state index is 0.691. The van der Waals surface area contributed by atoms with E-state index >= 15 is 0 Å². The zero-order valence-electron chi connectivity index (χ0n) is 9.33. The molecule has 0 aromatic carbocycles. The van der Waals surface area contributed by atoms with E-state index in [-0.39, 0.29) is 0 Å². The predicted octanol–water partition coefficient (Wildman–Crippen LogP) is 2.81. The van der Waals surface area contributed by atoms with Crippen molar-refractivity contribution in [2.75, 3.05) is 6.54 Å². The average molecular weight is 272 g/mol. The minimum atomic E-state index is 0.691. The van der Waals surface area contributed by atoms with Gasteiger partial charge in [-0.05, 0) is 47.8 Å². The fraction of sp³-hybridized carbons (Fsp3) is 0.545. The first-order valence-electron chi connectivity index (χ1n) is 5.29. The quantitative estimate of drug-likeness (QED) is 0.895. The number of nitrogens with two attached hydrogens (primary N) is 1. The Bertz CT molecular complexity index is 342. The van der Waals surface area contributed by atoms with Gasteiger partial charge >= 0.3 is 0 Å². The van der Waals surface area contributed by atoms with Crippen molar-refractivity contribution in [1.82, 2.24) is 9.78 Å². The number of hydrogen-bond acceptors (Lipinski definition) is 2. The van der Waals surface area contributed by atoms with E-state index < -0.39 is 0 Å². The number of halogens is 1. The summed E-state index contributed by atoms with van der Waals surface area (Å²) < 4.78 is 3.09. The van der Waals surface area contributed by atoms with Crippen molar-refractivity contribution in [2.45, 2.75) is 33.2 Å². The largest absolute Gasteiger partial charge is 0.330 e. The fourth-order valence-corrected chi connectivity index (χ4v) is 2.14. The standard InChI is InChI=1S/C11H18BrN3/c1-3-7-15-11(10(12)8-14-15)9(2)5-4-6-13/h5,8H,3-4,6-7,13H2,1-2H3. The van der Waals surface area contributed by atoms with Crippen LogP contribution in [0.3, 0.4) is 0 Å². The maximum Gasteiger partial charge on any atom is 0.0778 e. The van der Waals surface area contributed by atoms with Crippen LogP contribution in [0.2, 0.25) is 0 Å². The Morgan fingerprint density at radius 1 is 1.67 bits per heavy atom. The maximum absolute atomic E-state index is 5.49. The van der Waals surface area contributed by atoms with Crippen LogP contribution in [0.15, 0.2) is 16.7 Å². The summed E-state index contributed by atoms with van der Waals surface area (Å²) in [5.41, 5.74) is 7.89. The van der Waals surface area contributed by atoms with Gasteiger partial charge in [0.2, 0.25) is 0 Å². The molecular weight excluding hydrogens is 254 g/mol. The third-order valence-electron chi connectivity index (χ3n) is 2.22. The van der Waals surface area contributed by atoms with E-state index in [1.165, 1.54) is 11.3 Å². The number of allylic oxidation sites excluding steroid dienone is 1. The Hall–Kier alpha value is -0.610.